The Morgan fingerprint density at radius 2 is 1.92 bits per heavy atom. The van der Waals surface area contributed by atoms with Gasteiger partial charge in [0.05, 0.1) is 14.2 Å². The van der Waals surface area contributed by atoms with E-state index in [9.17, 15) is 9.18 Å². The molecule has 26 heavy (non-hydrogen) atoms. The van der Waals surface area contributed by atoms with Gasteiger partial charge in [-0.3, -0.25) is 4.79 Å². The van der Waals surface area contributed by atoms with Crippen LogP contribution in [0.25, 0.3) is 10.2 Å². The van der Waals surface area contributed by atoms with E-state index >= 15 is 0 Å². The highest BCUT2D eigenvalue weighted by Crippen LogP contribution is 2.35. The molecule has 0 spiro atoms. The number of carbonyl (C=O) groups excluding carboxylic acids is 1. The van der Waals surface area contributed by atoms with Gasteiger partial charge in [0.15, 0.2) is 4.80 Å². The third kappa shape index (κ3) is 3.35. The highest BCUT2D eigenvalue weighted by Gasteiger charge is 2.16. The average molecular weight is 374 g/mol. The molecule has 0 fully saturated rings. The summed E-state index contributed by atoms with van der Waals surface area (Å²) in [7, 11) is 3.20. The van der Waals surface area contributed by atoms with Crippen LogP contribution in [0.2, 0.25) is 0 Å². The van der Waals surface area contributed by atoms with Gasteiger partial charge in [0.25, 0.3) is 5.91 Å². The van der Waals surface area contributed by atoms with Crippen LogP contribution < -0.4 is 14.3 Å². The van der Waals surface area contributed by atoms with Crippen molar-refractivity contribution in [2.45, 2.75) is 19.9 Å². The minimum atomic E-state index is -0.487. The van der Waals surface area contributed by atoms with Crippen molar-refractivity contribution in [1.82, 2.24) is 4.57 Å². The van der Waals surface area contributed by atoms with Crippen molar-refractivity contribution in [3.05, 3.63) is 52.6 Å². The maximum atomic E-state index is 13.4. The molecule has 0 bridgehead atoms. The number of rotatable bonds is 5. The molecular formula is C19H19FN2O3S. The van der Waals surface area contributed by atoms with Crippen molar-refractivity contribution in [2.75, 3.05) is 14.2 Å². The fraction of sp³-hybridized carbons (Fsp3) is 0.263. The molecule has 0 atom stereocenters. The van der Waals surface area contributed by atoms with Gasteiger partial charge in [0.2, 0.25) is 0 Å². The zero-order valence-electron chi connectivity index (χ0n) is 14.8. The molecule has 1 heterocycles. The van der Waals surface area contributed by atoms with Gasteiger partial charge in [0.1, 0.15) is 27.5 Å². The lowest BCUT2D eigenvalue weighted by Gasteiger charge is -2.09. The molecule has 0 unspecified atom stereocenters. The largest absolute Gasteiger partial charge is 0.495 e. The van der Waals surface area contributed by atoms with Gasteiger partial charge in [-0.05, 0) is 36.8 Å². The second-order valence-corrected chi connectivity index (χ2v) is 6.59. The number of aromatic nitrogens is 1. The van der Waals surface area contributed by atoms with E-state index in [0.29, 0.717) is 22.8 Å². The summed E-state index contributed by atoms with van der Waals surface area (Å²) in [4.78, 5) is 17.3. The number of amides is 1. The first kappa shape index (κ1) is 18.1. The Bertz CT molecular complexity index is 1020. The Balaban J connectivity index is 2.24. The number of nitrogens with zero attached hydrogens (tertiary/aromatic N) is 2. The lowest BCUT2D eigenvalue weighted by atomic mass is 10.2. The van der Waals surface area contributed by atoms with Gasteiger partial charge in [-0.1, -0.05) is 24.3 Å². The van der Waals surface area contributed by atoms with Crippen LogP contribution in [0.5, 0.6) is 11.5 Å². The summed E-state index contributed by atoms with van der Waals surface area (Å²) < 4.78 is 27.1. The number of hydrogen-bond donors (Lipinski definition) is 0. The molecule has 0 N–H and O–H groups in total. The SMILES string of the molecule is CCCn1c(=NC(=O)c2cccc(F)c2)sc2c(OC)ccc(OC)c21. The predicted molar refractivity (Wildman–Crippen MR) is 99.5 cm³/mol. The Kier molecular flexibility index (Phi) is 5.37. The third-order valence-corrected chi connectivity index (χ3v) is 5.00. The van der Waals surface area contributed by atoms with Crippen molar-refractivity contribution >= 4 is 27.5 Å². The van der Waals surface area contributed by atoms with Gasteiger partial charge in [0, 0.05) is 12.1 Å². The van der Waals surface area contributed by atoms with E-state index in [4.69, 9.17) is 9.47 Å². The van der Waals surface area contributed by atoms with E-state index in [-0.39, 0.29) is 5.56 Å². The number of carbonyl (C=O) groups is 1. The molecule has 136 valence electrons. The van der Waals surface area contributed by atoms with Gasteiger partial charge in [-0.25, -0.2) is 4.39 Å². The maximum absolute atomic E-state index is 13.4. The fourth-order valence-electron chi connectivity index (χ4n) is 2.74. The van der Waals surface area contributed by atoms with E-state index in [2.05, 4.69) is 4.99 Å². The lowest BCUT2D eigenvalue weighted by molar-refractivity contribution is 0.0997. The number of benzene rings is 2. The van der Waals surface area contributed by atoms with Crippen molar-refractivity contribution in [1.29, 1.82) is 0 Å². The van der Waals surface area contributed by atoms with E-state index in [0.717, 1.165) is 16.6 Å². The predicted octanol–water partition coefficient (Wildman–Crippen LogP) is 4.01. The fourth-order valence-corrected chi connectivity index (χ4v) is 3.91. The van der Waals surface area contributed by atoms with Crippen LogP contribution in [0, 0.1) is 5.82 Å². The molecule has 0 radical (unpaired) electrons. The van der Waals surface area contributed by atoms with Crippen LogP contribution in [0.3, 0.4) is 0 Å². The van der Waals surface area contributed by atoms with E-state index < -0.39 is 11.7 Å². The summed E-state index contributed by atoms with van der Waals surface area (Å²) in [6, 6.07) is 9.18. The topological polar surface area (TPSA) is 52.8 Å². The number of fused-ring (bicyclic) bond motifs is 1. The summed E-state index contributed by atoms with van der Waals surface area (Å²) in [6.07, 6.45) is 0.855. The number of thiazole rings is 1. The van der Waals surface area contributed by atoms with Crippen LogP contribution in [0.1, 0.15) is 23.7 Å². The molecular weight excluding hydrogens is 355 g/mol. The van der Waals surface area contributed by atoms with Crippen LogP contribution >= 0.6 is 11.3 Å². The number of halogens is 1. The quantitative estimate of drug-likeness (QED) is 0.678. The Hall–Kier alpha value is -2.67. The second-order valence-electron chi connectivity index (χ2n) is 5.61. The molecule has 3 rings (SSSR count). The zero-order valence-corrected chi connectivity index (χ0v) is 15.6. The Labute approximate surface area is 154 Å². The lowest BCUT2D eigenvalue weighted by Crippen LogP contribution is -2.17. The van der Waals surface area contributed by atoms with Crippen LogP contribution in [0.15, 0.2) is 41.4 Å². The summed E-state index contributed by atoms with van der Waals surface area (Å²) in [6.45, 7) is 2.71. The van der Waals surface area contributed by atoms with E-state index in [1.807, 2.05) is 23.6 Å². The van der Waals surface area contributed by atoms with Crippen molar-refractivity contribution < 1.29 is 18.7 Å². The van der Waals surface area contributed by atoms with Crippen molar-refractivity contribution in [2.24, 2.45) is 4.99 Å². The van der Waals surface area contributed by atoms with Gasteiger partial charge >= 0.3 is 0 Å². The second kappa shape index (κ2) is 7.70. The molecule has 0 aliphatic carbocycles. The molecule has 0 saturated heterocycles. The Morgan fingerprint density at radius 1 is 1.19 bits per heavy atom. The molecule has 0 aliphatic rings. The van der Waals surface area contributed by atoms with E-state index in [1.54, 1.807) is 20.3 Å². The average Bonchev–Trinajstić information content (AvgIpc) is 2.99. The van der Waals surface area contributed by atoms with E-state index in [1.165, 1.54) is 29.5 Å². The first-order valence-corrected chi connectivity index (χ1v) is 8.99. The van der Waals surface area contributed by atoms with Gasteiger partial charge in [-0.15, -0.1) is 0 Å². The molecule has 2 aromatic carbocycles. The van der Waals surface area contributed by atoms with Crippen molar-refractivity contribution in [3.63, 3.8) is 0 Å². The highest BCUT2D eigenvalue weighted by atomic mass is 32.1. The van der Waals surface area contributed by atoms with Crippen LogP contribution in [0.4, 0.5) is 4.39 Å². The highest BCUT2D eigenvalue weighted by molar-refractivity contribution is 7.16. The third-order valence-electron chi connectivity index (χ3n) is 3.91. The molecule has 0 saturated carbocycles. The molecule has 3 aromatic rings. The molecule has 0 aliphatic heterocycles. The summed E-state index contributed by atoms with van der Waals surface area (Å²) in [5.74, 6) is 0.423. The zero-order chi connectivity index (χ0) is 18.7. The minimum Gasteiger partial charge on any atom is -0.495 e. The van der Waals surface area contributed by atoms with Crippen LogP contribution in [-0.2, 0) is 6.54 Å². The maximum Gasteiger partial charge on any atom is 0.279 e. The number of aryl methyl sites for hydroxylation is 1. The van der Waals surface area contributed by atoms with Crippen molar-refractivity contribution in [3.8, 4) is 11.5 Å². The van der Waals surface area contributed by atoms with Gasteiger partial charge < -0.3 is 14.0 Å². The van der Waals surface area contributed by atoms with Gasteiger partial charge in [-0.2, -0.15) is 4.99 Å². The minimum absolute atomic E-state index is 0.212. The summed E-state index contributed by atoms with van der Waals surface area (Å²) in [5.41, 5.74) is 1.05. The van der Waals surface area contributed by atoms with Crippen LogP contribution in [-0.4, -0.2) is 24.7 Å². The molecule has 1 aromatic heterocycles. The Morgan fingerprint density at radius 3 is 2.58 bits per heavy atom. The number of methoxy groups -OCH3 is 2. The summed E-state index contributed by atoms with van der Waals surface area (Å²) >= 11 is 1.35. The molecule has 7 heteroatoms. The first-order valence-electron chi connectivity index (χ1n) is 8.18. The smallest absolute Gasteiger partial charge is 0.279 e. The molecule has 5 nitrogen and oxygen atoms in total. The monoisotopic (exact) mass is 374 g/mol. The first-order chi connectivity index (χ1) is 12.6. The standard InChI is InChI=1S/C19H19FN2O3S/c1-4-10-22-16-14(24-2)8-9-15(25-3)17(16)26-19(22)21-18(23)12-6-5-7-13(20)11-12/h5-9,11H,4,10H2,1-3H3. The molecule has 1 amide bonds. The normalized spacial score (nSPS) is 11.8. The summed E-state index contributed by atoms with van der Waals surface area (Å²) in [5, 5.41) is 0. The number of ether oxygens (including phenoxy) is 2. The number of hydrogen-bond acceptors (Lipinski definition) is 4.